The van der Waals surface area contributed by atoms with Crippen molar-refractivity contribution in [1.82, 2.24) is 25.3 Å². The van der Waals surface area contributed by atoms with Crippen LogP contribution in [0.15, 0.2) is 47.4 Å². The number of nitrogens with one attached hydrogen (secondary N) is 1. The molecule has 0 unspecified atom stereocenters. The number of aromatic nitrogens is 5. The molecule has 1 N–H and O–H groups in total. The zero-order valence-electron chi connectivity index (χ0n) is 14.2. The van der Waals surface area contributed by atoms with Crippen molar-refractivity contribution < 1.29 is 8.91 Å². The maximum atomic E-state index is 13.0. The average Bonchev–Trinajstić information content (AvgIpc) is 3.31. The Bertz CT molecular complexity index is 1010. The second kappa shape index (κ2) is 6.91. The summed E-state index contributed by atoms with van der Waals surface area (Å²) in [6, 6.07) is 8.10. The Morgan fingerprint density at radius 1 is 1.19 bits per heavy atom. The molecule has 8 heteroatoms. The molecular weight excluding hydrogens is 335 g/mol. The first kappa shape index (κ1) is 16.2. The molecule has 7 nitrogen and oxygen atoms in total. The lowest BCUT2D eigenvalue weighted by molar-refractivity contribution is 0.383. The molecule has 3 aromatic heterocycles. The zero-order valence-corrected chi connectivity index (χ0v) is 14.2. The summed E-state index contributed by atoms with van der Waals surface area (Å²) in [4.78, 5) is 10.6. The Kier molecular flexibility index (Phi) is 4.30. The molecule has 0 aliphatic carbocycles. The van der Waals surface area contributed by atoms with Crippen molar-refractivity contribution in [3.05, 3.63) is 54.4 Å². The zero-order chi connectivity index (χ0) is 17.9. The lowest BCUT2D eigenvalue weighted by Crippen LogP contribution is -2.20. The van der Waals surface area contributed by atoms with E-state index < -0.39 is 0 Å². The van der Waals surface area contributed by atoms with E-state index in [0.29, 0.717) is 5.69 Å². The van der Waals surface area contributed by atoms with Gasteiger partial charge in [0.05, 0.1) is 11.6 Å². The van der Waals surface area contributed by atoms with Crippen LogP contribution in [0.25, 0.3) is 22.3 Å². The van der Waals surface area contributed by atoms with E-state index >= 15 is 0 Å². The van der Waals surface area contributed by atoms with Crippen molar-refractivity contribution in [2.24, 2.45) is 0 Å². The predicted molar refractivity (Wildman–Crippen MR) is 95.2 cm³/mol. The standard InChI is InChI=1S/C18H17FN6O/c1-25(18-15-10-22-23-17(15)20-11-21-18)8-2-3-14-9-16(24-26-14)12-4-6-13(19)7-5-12/h4-7,9-11H,2-3,8H2,1H3,(H,20,21,22,23). The van der Waals surface area contributed by atoms with Crippen molar-refractivity contribution in [1.29, 1.82) is 0 Å². The van der Waals surface area contributed by atoms with Crippen LogP contribution in [0.2, 0.25) is 0 Å². The molecule has 1 aromatic carbocycles. The molecule has 0 spiro atoms. The minimum atomic E-state index is -0.267. The van der Waals surface area contributed by atoms with E-state index in [4.69, 9.17) is 4.52 Å². The Hall–Kier alpha value is -3.29. The molecule has 0 aliphatic rings. The van der Waals surface area contributed by atoms with Gasteiger partial charge in [-0.15, -0.1) is 0 Å². The summed E-state index contributed by atoms with van der Waals surface area (Å²) < 4.78 is 18.4. The smallest absolute Gasteiger partial charge is 0.160 e. The topological polar surface area (TPSA) is 83.7 Å². The van der Waals surface area contributed by atoms with Crippen molar-refractivity contribution in [2.75, 3.05) is 18.5 Å². The van der Waals surface area contributed by atoms with Gasteiger partial charge in [-0.3, -0.25) is 5.10 Å². The number of rotatable bonds is 6. The SMILES string of the molecule is CN(CCCc1cc(-c2ccc(F)cc2)no1)c1ncnc2[nH]ncc12. The summed E-state index contributed by atoms with van der Waals surface area (Å²) in [6.07, 6.45) is 4.88. The second-order valence-corrected chi connectivity index (χ2v) is 6.04. The molecule has 0 saturated heterocycles. The molecule has 4 aromatic rings. The van der Waals surface area contributed by atoms with E-state index in [2.05, 4.69) is 30.2 Å². The van der Waals surface area contributed by atoms with Crippen LogP contribution in [0.4, 0.5) is 10.2 Å². The minimum Gasteiger partial charge on any atom is -0.361 e. The van der Waals surface area contributed by atoms with E-state index in [9.17, 15) is 4.39 Å². The fourth-order valence-electron chi connectivity index (χ4n) is 2.84. The van der Waals surface area contributed by atoms with Gasteiger partial charge in [-0.25, -0.2) is 14.4 Å². The third kappa shape index (κ3) is 3.26. The number of hydrogen-bond donors (Lipinski definition) is 1. The van der Waals surface area contributed by atoms with E-state index in [1.165, 1.54) is 18.5 Å². The van der Waals surface area contributed by atoms with Crippen LogP contribution >= 0.6 is 0 Å². The van der Waals surface area contributed by atoms with Crippen molar-refractivity contribution in [3.63, 3.8) is 0 Å². The number of benzene rings is 1. The number of anilines is 1. The van der Waals surface area contributed by atoms with E-state index in [1.54, 1.807) is 18.3 Å². The van der Waals surface area contributed by atoms with Gasteiger partial charge in [0.15, 0.2) is 5.65 Å². The lowest BCUT2D eigenvalue weighted by Gasteiger charge is -2.17. The number of halogens is 1. The molecule has 0 amide bonds. The fraction of sp³-hybridized carbons (Fsp3) is 0.222. The maximum absolute atomic E-state index is 13.0. The van der Waals surface area contributed by atoms with Gasteiger partial charge in [0.25, 0.3) is 0 Å². The van der Waals surface area contributed by atoms with Crippen molar-refractivity contribution in [3.8, 4) is 11.3 Å². The number of aryl methyl sites for hydroxylation is 1. The molecule has 26 heavy (non-hydrogen) atoms. The molecule has 0 bridgehead atoms. The van der Waals surface area contributed by atoms with E-state index in [-0.39, 0.29) is 5.82 Å². The van der Waals surface area contributed by atoms with Crippen molar-refractivity contribution >= 4 is 16.9 Å². The average molecular weight is 352 g/mol. The molecule has 3 heterocycles. The second-order valence-electron chi connectivity index (χ2n) is 6.04. The third-order valence-corrected chi connectivity index (χ3v) is 4.20. The number of H-pyrrole nitrogens is 1. The van der Waals surface area contributed by atoms with Gasteiger partial charge in [0.2, 0.25) is 0 Å². The van der Waals surface area contributed by atoms with Crippen LogP contribution in [-0.4, -0.2) is 38.9 Å². The minimum absolute atomic E-state index is 0.267. The predicted octanol–water partition coefficient (Wildman–Crippen LogP) is 3.22. The Morgan fingerprint density at radius 2 is 2.04 bits per heavy atom. The first-order valence-electron chi connectivity index (χ1n) is 8.27. The van der Waals surface area contributed by atoms with Crippen LogP contribution in [-0.2, 0) is 6.42 Å². The summed E-state index contributed by atoms with van der Waals surface area (Å²) in [6.45, 7) is 0.796. The maximum Gasteiger partial charge on any atom is 0.160 e. The van der Waals surface area contributed by atoms with E-state index in [1.807, 2.05) is 13.1 Å². The molecule has 0 radical (unpaired) electrons. The lowest BCUT2D eigenvalue weighted by atomic mass is 10.1. The highest BCUT2D eigenvalue weighted by atomic mass is 19.1. The van der Waals surface area contributed by atoms with Gasteiger partial charge < -0.3 is 9.42 Å². The van der Waals surface area contributed by atoms with Crippen LogP contribution in [0.3, 0.4) is 0 Å². The summed E-state index contributed by atoms with van der Waals surface area (Å²) in [5, 5.41) is 11.8. The van der Waals surface area contributed by atoms with Gasteiger partial charge in [-0.2, -0.15) is 5.10 Å². The normalized spacial score (nSPS) is 11.2. The highest BCUT2D eigenvalue weighted by Gasteiger charge is 2.11. The summed E-state index contributed by atoms with van der Waals surface area (Å²) >= 11 is 0. The number of aromatic amines is 1. The number of fused-ring (bicyclic) bond motifs is 1. The van der Waals surface area contributed by atoms with Gasteiger partial charge in [0.1, 0.15) is 29.4 Å². The summed E-state index contributed by atoms with van der Waals surface area (Å²) in [5.41, 5.74) is 2.27. The highest BCUT2D eigenvalue weighted by Crippen LogP contribution is 2.22. The van der Waals surface area contributed by atoms with Crippen LogP contribution in [0, 0.1) is 5.82 Å². The van der Waals surface area contributed by atoms with E-state index in [0.717, 1.165) is 47.6 Å². The van der Waals surface area contributed by atoms with Gasteiger partial charge in [0, 0.05) is 31.6 Å². The summed E-state index contributed by atoms with van der Waals surface area (Å²) in [5.74, 6) is 1.37. The monoisotopic (exact) mass is 352 g/mol. The fourth-order valence-corrected chi connectivity index (χ4v) is 2.84. The third-order valence-electron chi connectivity index (χ3n) is 4.20. The van der Waals surface area contributed by atoms with Gasteiger partial charge in [-0.05, 0) is 30.7 Å². The van der Waals surface area contributed by atoms with Crippen LogP contribution < -0.4 is 4.90 Å². The molecular formula is C18H17FN6O. The van der Waals surface area contributed by atoms with Crippen molar-refractivity contribution in [2.45, 2.75) is 12.8 Å². The molecule has 4 rings (SSSR count). The largest absolute Gasteiger partial charge is 0.361 e. The number of hydrogen-bond acceptors (Lipinski definition) is 6. The Labute approximate surface area is 148 Å². The molecule has 132 valence electrons. The highest BCUT2D eigenvalue weighted by molar-refractivity contribution is 5.85. The van der Waals surface area contributed by atoms with Crippen LogP contribution in [0.5, 0.6) is 0 Å². The first-order valence-corrected chi connectivity index (χ1v) is 8.27. The quantitative estimate of drug-likeness (QED) is 0.574. The van der Waals surface area contributed by atoms with Gasteiger partial charge in [-0.1, -0.05) is 5.16 Å². The van der Waals surface area contributed by atoms with Gasteiger partial charge >= 0.3 is 0 Å². The van der Waals surface area contributed by atoms with Crippen LogP contribution in [0.1, 0.15) is 12.2 Å². The Balaban J connectivity index is 1.37. The molecule has 0 aliphatic heterocycles. The molecule has 0 atom stereocenters. The molecule has 0 fully saturated rings. The molecule has 0 saturated carbocycles. The Morgan fingerprint density at radius 3 is 2.88 bits per heavy atom. The summed E-state index contributed by atoms with van der Waals surface area (Å²) in [7, 11) is 1.99. The number of nitrogens with zero attached hydrogens (tertiary/aromatic N) is 5. The first-order chi connectivity index (χ1) is 12.7.